The topological polar surface area (TPSA) is 139 Å². The quantitative estimate of drug-likeness (QED) is 0.392. The average molecular weight is 544 g/mol. The van der Waals surface area contributed by atoms with E-state index >= 15 is 0 Å². The van der Waals surface area contributed by atoms with Crippen LogP contribution in [0.1, 0.15) is 94.4 Å². The largest absolute Gasteiger partial charge is 0.459 e. The van der Waals surface area contributed by atoms with Crippen LogP contribution >= 0.6 is 0 Å². The zero-order chi connectivity index (χ0) is 29.2. The van der Waals surface area contributed by atoms with Crippen LogP contribution in [0.5, 0.6) is 0 Å². The van der Waals surface area contributed by atoms with E-state index in [4.69, 9.17) is 24.4 Å². The molecule has 2 aliphatic heterocycles. The second-order valence-corrected chi connectivity index (χ2v) is 12.9. The van der Waals surface area contributed by atoms with Crippen molar-refractivity contribution >= 4 is 11.7 Å². The summed E-state index contributed by atoms with van der Waals surface area (Å²) >= 11 is 0. The standard InChI is InChI=1S/C29H53NO8/c1-11-21-29(9,34)25(31)19(5)23(30)16(2)12-27(7,33)13-17(3)24(20(6)26(32)37-21)38-22-15-28(8,35-10)14-18(4)36-22/h16-22,24-25,30-31,33-34H,11-15H2,1-10H3/t16-,17-,18+,19+,20-,21-,22+,24+,25-,27-,28+,29-/m1/s1. The molecule has 38 heavy (non-hydrogen) atoms. The van der Waals surface area contributed by atoms with Crippen LogP contribution in [0.15, 0.2) is 0 Å². The van der Waals surface area contributed by atoms with Crippen LogP contribution in [-0.2, 0) is 23.7 Å². The van der Waals surface area contributed by atoms with Gasteiger partial charge in [-0.1, -0.05) is 27.7 Å². The van der Waals surface area contributed by atoms with Crippen LogP contribution in [-0.4, -0.2) is 81.6 Å². The molecule has 0 aromatic carbocycles. The predicted octanol–water partition coefficient (Wildman–Crippen LogP) is 3.84. The fourth-order valence-corrected chi connectivity index (χ4v) is 6.54. The third-order valence-electron chi connectivity index (χ3n) is 8.81. The second kappa shape index (κ2) is 12.6. The summed E-state index contributed by atoms with van der Waals surface area (Å²) in [5, 5.41) is 42.5. The van der Waals surface area contributed by atoms with Gasteiger partial charge in [-0.15, -0.1) is 0 Å². The Hall–Kier alpha value is -1.10. The molecule has 0 bridgehead atoms. The third kappa shape index (κ3) is 7.76. The SMILES string of the molecule is CC[C@H]1OC(=O)[C@H](C)[C@@H](O[C@H]2C[C@@](C)(OC)C[C@H](C)O2)[C@H](C)C[C@](C)(O)C[C@@H](C)C(=N)[C@H](C)[C@@H](O)[C@]1(C)O. The first-order valence-corrected chi connectivity index (χ1v) is 14.1. The van der Waals surface area contributed by atoms with Gasteiger partial charge >= 0.3 is 5.97 Å². The van der Waals surface area contributed by atoms with E-state index in [1.54, 1.807) is 34.8 Å². The minimum Gasteiger partial charge on any atom is -0.459 e. The van der Waals surface area contributed by atoms with Crippen LogP contribution in [0.3, 0.4) is 0 Å². The van der Waals surface area contributed by atoms with Crippen molar-refractivity contribution in [3.63, 3.8) is 0 Å². The molecule has 2 fully saturated rings. The first-order chi connectivity index (χ1) is 17.4. The molecular weight excluding hydrogens is 490 g/mol. The number of nitrogens with one attached hydrogen (secondary N) is 1. The van der Waals surface area contributed by atoms with E-state index in [2.05, 4.69) is 0 Å². The number of ether oxygens (including phenoxy) is 4. The number of methoxy groups -OCH3 is 1. The van der Waals surface area contributed by atoms with Gasteiger partial charge in [0.05, 0.1) is 35.4 Å². The molecule has 0 aliphatic carbocycles. The molecule has 0 radical (unpaired) electrons. The van der Waals surface area contributed by atoms with E-state index in [1.807, 2.05) is 27.7 Å². The molecule has 222 valence electrons. The summed E-state index contributed by atoms with van der Waals surface area (Å²) in [6.45, 7) is 16.1. The van der Waals surface area contributed by atoms with Crippen molar-refractivity contribution in [2.45, 2.75) is 142 Å². The molecule has 0 amide bonds. The Kier molecular flexibility index (Phi) is 11.0. The highest BCUT2D eigenvalue weighted by Crippen LogP contribution is 2.38. The first kappa shape index (κ1) is 33.1. The fourth-order valence-electron chi connectivity index (χ4n) is 6.54. The normalized spacial score (nSPS) is 48.3. The Balaban J connectivity index is 2.47. The minimum absolute atomic E-state index is 0.104. The summed E-state index contributed by atoms with van der Waals surface area (Å²) in [5.74, 6) is -2.61. The van der Waals surface area contributed by atoms with Crippen LogP contribution in [0.4, 0.5) is 0 Å². The summed E-state index contributed by atoms with van der Waals surface area (Å²) in [6.07, 6.45) is -1.61. The molecule has 0 spiro atoms. The molecule has 0 aromatic heterocycles. The van der Waals surface area contributed by atoms with Crippen molar-refractivity contribution in [2.24, 2.45) is 23.7 Å². The summed E-state index contributed by atoms with van der Waals surface area (Å²) < 4.78 is 24.2. The molecule has 0 saturated carbocycles. The molecule has 2 aliphatic rings. The molecule has 9 nitrogen and oxygen atoms in total. The number of rotatable bonds is 4. The smallest absolute Gasteiger partial charge is 0.311 e. The first-order valence-electron chi connectivity index (χ1n) is 14.1. The highest BCUT2D eigenvalue weighted by molar-refractivity contribution is 5.86. The Morgan fingerprint density at radius 3 is 2.16 bits per heavy atom. The monoisotopic (exact) mass is 543 g/mol. The zero-order valence-corrected chi connectivity index (χ0v) is 25.1. The van der Waals surface area contributed by atoms with Crippen LogP contribution in [0.25, 0.3) is 0 Å². The predicted molar refractivity (Wildman–Crippen MR) is 145 cm³/mol. The number of hydrogen-bond donors (Lipinski definition) is 4. The van der Waals surface area contributed by atoms with Crippen LogP contribution in [0.2, 0.25) is 0 Å². The maximum Gasteiger partial charge on any atom is 0.311 e. The molecular formula is C29H53NO8. The molecule has 4 N–H and O–H groups in total. The zero-order valence-electron chi connectivity index (χ0n) is 25.1. The van der Waals surface area contributed by atoms with Gasteiger partial charge in [-0.05, 0) is 65.7 Å². The van der Waals surface area contributed by atoms with Gasteiger partial charge in [0, 0.05) is 31.6 Å². The van der Waals surface area contributed by atoms with E-state index in [1.165, 1.54) is 6.92 Å². The van der Waals surface area contributed by atoms with Crippen molar-refractivity contribution < 1.29 is 39.1 Å². The molecule has 0 unspecified atom stereocenters. The minimum atomic E-state index is -1.79. The van der Waals surface area contributed by atoms with Gasteiger partial charge in [0.1, 0.15) is 11.7 Å². The Labute approximate surface area is 229 Å². The second-order valence-electron chi connectivity index (χ2n) is 12.9. The molecule has 2 rings (SSSR count). The molecule has 12 atom stereocenters. The van der Waals surface area contributed by atoms with Crippen molar-refractivity contribution in [1.82, 2.24) is 0 Å². The highest BCUT2D eigenvalue weighted by atomic mass is 16.7. The summed E-state index contributed by atoms with van der Waals surface area (Å²) in [7, 11) is 1.67. The number of cyclic esters (lactones) is 1. The molecule has 9 heteroatoms. The van der Waals surface area contributed by atoms with Crippen molar-refractivity contribution in [1.29, 1.82) is 5.41 Å². The van der Waals surface area contributed by atoms with Gasteiger partial charge in [-0.2, -0.15) is 0 Å². The Morgan fingerprint density at radius 1 is 1.00 bits per heavy atom. The van der Waals surface area contributed by atoms with Gasteiger partial charge in [0.2, 0.25) is 0 Å². The average Bonchev–Trinajstić information content (AvgIpc) is 2.81. The summed E-state index contributed by atoms with van der Waals surface area (Å²) in [4.78, 5) is 13.5. The van der Waals surface area contributed by atoms with Gasteiger partial charge in [-0.25, -0.2) is 0 Å². The fraction of sp³-hybridized carbons (Fsp3) is 0.931. The van der Waals surface area contributed by atoms with E-state index in [0.29, 0.717) is 19.3 Å². The molecule has 2 saturated heterocycles. The number of aliphatic hydroxyl groups excluding tert-OH is 1. The number of aliphatic hydroxyl groups is 3. The van der Waals surface area contributed by atoms with Gasteiger partial charge in [-0.3, -0.25) is 4.79 Å². The van der Waals surface area contributed by atoms with Gasteiger partial charge in [0.25, 0.3) is 0 Å². The maximum atomic E-state index is 13.5. The third-order valence-corrected chi connectivity index (χ3v) is 8.81. The number of hydrogen-bond acceptors (Lipinski definition) is 9. The van der Waals surface area contributed by atoms with E-state index in [-0.39, 0.29) is 36.5 Å². The molecule has 0 aromatic rings. The van der Waals surface area contributed by atoms with Crippen LogP contribution in [0, 0.1) is 29.1 Å². The molecule has 2 heterocycles. The van der Waals surface area contributed by atoms with E-state index < -0.39 is 59.2 Å². The van der Waals surface area contributed by atoms with E-state index in [0.717, 1.165) is 0 Å². The summed E-state index contributed by atoms with van der Waals surface area (Å²) in [5.41, 5.74) is -3.15. The summed E-state index contributed by atoms with van der Waals surface area (Å²) in [6, 6.07) is 0. The van der Waals surface area contributed by atoms with Gasteiger partial charge in [0.15, 0.2) is 6.29 Å². The lowest BCUT2D eigenvalue weighted by atomic mass is 9.75. The maximum absolute atomic E-state index is 13.5. The number of esters is 1. The van der Waals surface area contributed by atoms with Crippen molar-refractivity contribution in [2.75, 3.05) is 7.11 Å². The van der Waals surface area contributed by atoms with Crippen LogP contribution < -0.4 is 0 Å². The Bertz CT molecular complexity index is 816. The Morgan fingerprint density at radius 2 is 1.61 bits per heavy atom. The number of carbonyl (C=O) groups excluding carboxylic acids is 1. The van der Waals surface area contributed by atoms with E-state index in [9.17, 15) is 20.1 Å². The van der Waals surface area contributed by atoms with Gasteiger partial charge < -0.3 is 39.7 Å². The lowest BCUT2D eigenvalue weighted by Crippen LogP contribution is -2.56. The number of carbonyl (C=O) groups is 1. The van der Waals surface area contributed by atoms with Crippen molar-refractivity contribution in [3.05, 3.63) is 0 Å². The lowest BCUT2D eigenvalue weighted by Gasteiger charge is -2.44. The lowest BCUT2D eigenvalue weighted by molar-refractivity contribution is -0.265. The highest BCUT2D eigenvalue weighted by Gasteiger charge is 2.47. The van der Waals surface area contributed by atoms with Crippen molar-refractivity contribution in [3.8, 4) is 0 Å².